The van der Waals surface area contributed by atoms with Gasteiger partial charge in [0.1, 0.15) is 11.6 Å². The molecule has 0 saturated carbocycles. The van der Waals surface area contributed by atoms with Gasteiger partial charge >= 0.3 is 0 Å². The number of aromatic nitrogens is 4. The molecule has 1 fully saturated rings. The average Bonchev–Trinajstić information content (AvgIpc) is 3.64. The minimum absolute atomic E-state index is 0.0491. The van der Waals surface area contributed by atoms with E-state index in [9.17, 15) is 4.79 Å². The summed E-state index contributed by atoms with van der Waals surface area (Å²) in [5.41, 5.74) is 4.57. The first kappa shape index (κ1) is 27.7. The Balaban J connectivity index is 1.36. The summed E-state index contributed by atoms with van der Waals surface area (Å²) in [6.07, 6.45) is 5.68. The number of hydrogen-bond donors (Lipinski definition) is 2. The lowest BCUT2D eigenvalue weighted by atomic mass is 9.97. The molecule has 1 aliphatic heterocycles. The number of nitrogens with one attached hydrogen (secondary N) is 2. The van der Waals surface area contributed by atoms with Crippen LogP contribution in [0.2, 0.25) is 0 Å². The van der Waals surface area contributed by atoms with Crippen molar-refractivity contribution in [3.8, 4) is 5.75 Å². The molecular formula is C34H37N5O3. The highest BCUT2D eigenvalue weighted by Crippen LogP contribution is 2.27. The van der Waals surface area contributed by atoms with E-state index in [1.165, 1.54) is 5.56 Å². The van der Waals surface area contributed by atoms with Gasteiger partial charge in [-0.25, -0.2) is 0 Å². The highest BCUT2D eigenvalue weighted by Gasteiger charge is 2.29. The fraction of sp³-hybridized carbons (Fsp3) is 0.324. The largest absolute Gasteiger partial charge is 0.497 e. The predicted molar refractivity (Wildman–Crippen MR) is 162 cm³/mol. The number of nitrogens with zero attached hydrogens (tertiary/aromatic N) is 3. The van der Waals surface area contributed by atoms with E-state index in [0.717, 1.165) is 65.1 Å². The number of methoxy groups -OCH3 is 1. The van der Waals surface area contributed by atoms with Gasteiger partial charge in [0.25, 0.3) is 0 Å². The van der Waals surface area contributed by atoms with Crippen LogP contribution >= 0.6 is 0 Å². The van der Waals surface area contributed by atoms with E-state index in [2.05, 4.69) is 63.4 Å². The van der Waals surface area contributed by atoms with Gasteiger partial charge < -0.3 is 24.3 Å². The molecule has 0 unspecified atom stereocenters. The van der Waals surface area contributed by atoms with Gasteiger partial charge in [0, 0.05) is 49.1 Å². The maximum atomic E-state index is 13.6. The Labute approximate surface area is 246 Å². The predicted octanol–water partition coefficient (Wildman–Crippen LogP) is 5.43. The summed E-state index contributed by atoms with van der Waals surface area (Å²) in [4.78, 5) is 17.0. The number of benzene rings is 3. The SMILES string of the molecule is COc1ccc(Cn2c(CCc3ccccc3)nnc2[C@@H](Cc2c[nH]c3ccccc23)NC(=O)C2CCOCC2)cc1. The molecule has 8 heteroatoms. The lowest BCUT2D eigenvalue weighted by Gasteiger charge is -2.25. The third kappa shape index (κ3) is 6.39. The lowest BCUT2D eigenvalue weighted by Crippen LogP contribution is -2.38. The molecule has 1 atom stereocenters. The Morgan fingerprint density at radius 2 is 1.74 bits per heavy atom. The van der Waals surface area contributed by atoms with Crippen molar-refractivity contribution in [2.24, 2.45) is 5.92 Å². The van der Waals surface area contributed by atoms with Crippen molar-refractivity contribution in [3.05, 3.63) is 113 Å². The minimum Gasteiger partial charge on any atom is -0.497 e. The Morgan fingerprint density at radius 3 is 2.52 bits per heavy atom. The summed E-state index contributed by atoms with van der Waals surface area (Å²) in [5.74, 6) is 2.45. The molecular weight excluding hydrogens is 526 g/mol. The Hall–Kier alpha value is -4.43. The Morgan fingerprint density at radius 1 is 0.976 bits per heavy atom. The number of para-hydroxylation sites is 1. The zero-order valence-corrected chi connectivity index (χ0v) is 24.0. The van der Waals surface area contributed by atoms with Crippen molar-refractivity contribution in [1.82, 2.24) is 25.1 Å². The molecule has 2 aromatic heterocycles. The second-order valence-corrected chi connectivity index (χ2v) is 10.9. The second kappa shape index (κ2) is 13.0. The average molecular weight is 564 g/mol. The summed E-state index contributed by atoms with van der Waals surface area (Å²) in [7, 11) is 1.67. The molecule has 0 radical (unpaired) electrons. The van der Waals surface area contributed by atoms with Gasteiger partial charge in [-0.15, -0.1) is 10.2 Å². The van der Waals surface area contributed by atoms with Crippen LogP contribution in [0.4, 0.5) is 0 Å². The fourth-order valence-corrected chi connectivity index (χ4v) is 5.76. The van der Waals surface area contributed by atoms with E-state index in [4.69, 9.17) is 19.7 Å². The number of hydrogen-bond acceptors (Lipinski definition) is 5. The lowest BCUT2D eigenvalue weighted by molar-refractivity contribution is -0.128. The molecule has 1 amide bonds. The molecule has 6 rings (SSSR count). The molecule has 0 aliphatic carbocycles. The van der Waals surface area contributed by atoms with Gasteiger partial charge in [-0.3, -0.25) is 4.79 Å². The van der Waals surface area contributed by atoms with E-state index in [1.54, 1.807) is 7.11 Å². The maximum Gasteiger partial charge on any atom is 0.223 e. The molecule has 216 valence electrons. The van der Waals surface area contributed by atoms with Crippen LogP contribution in [0.25, 0.3) is 10.9 Å². The Kier molecular flexibility index (Phi) is 8.61. The van der Waals surface area contributed by atoms with Crippen LogP contribution in [0, 0.1) is 5.92 Å². The monoisotopic (exact) mass is 563 g/mol. The van der Waals surface area contributed by atoms with Crippen molar-refractivity contribution in [2.45, 2.75) is 44.7 Å². The van der Waals surface area contributed by atoms with E-state index >= 15 is 0 Å². The standard InChI is InChI=1S/C34H37N5O3/c1-41-28-14-11-25(12-15-28)23-39-32(16-13-24-7-3-2-4-8-24)37-38-33(39)31(36-34(40)26-17-19-42-20-18-26)21-27-22-35-30-10-6-5-9-29(27)30/h2-12,14-15,22,26,31,35H,13,16-21,23H2,1H3,(H,36,40)/t31-/m1/s1. The molecule has 0 spiro atoms. The van der Waals surface area contributed by atoms with Crippen LogP contribution in [0.5, 0.6) is 5.75 Å². The third-order valence-electron chi connectivity index (χ3n) is 8.16. The number of carbonyl (C=O) groups is 1. The summed E-state index contributed by atoms with van der Waals surface area (Å²) in [6, 6.07) is 26.4. The summed E-state index contributed by atoms with van der Waals surface area (Å²) in [5, 5.41) is 14.0. The first-order valence-electron chi connectivity index (χ1n) is 14.7. The topological polar surface area (TPSA) is 94.1 Å². The van der Waals surface area contributed by atoms with E-state index in [0.29, 0.717) is 26.2 Å². The van der Waals surface area contributed by atoms with Gasteiger partial charge in [0.2, 0.25) is 5.91 Å². The van der Waals surface area contributed by atoms with Gasteiger partial charge in [0.05, 0.1) is 19.7 Å². The van der Waals surface area contributed by atoms with E-state index in [1.807, 2.05) is 36.5 Å². The number of fused-ring (bicyclic) bond motifs is 1. The van der Waals surface area contributed by atoms with Gasteiger partial charge in [-0.05, 0) is 54.2 Å². The van der Waals surface area contributed by atoms with Crippen molar-refractivity contribution in [3.63, 3.8) is 0 Å². The molecule has 8 nitrogen and oxygen atoms in total. The highest BCUT2D eigenvalue weighted by atomic mass is 16.5. The molecule has 1 aliphatic rings. The zero-order valence-electron chi connectivity index (χ0n) is 24.0. The summed E-state index contributed by atoms with van der Waals surface area (Å²) >= 11 is 0. The fourth-order valence-electron chi connectivity index (χ4n) is 5.76. The summed E-state index contributed by atoms with van der Waals surface area (Å²) in [6.45, 7) is 1.82. The minimum atomic E-state index is -0.351. The quantitative estimate of drug-likeness (QED) is 0.224. The number of rotatable bonds is 11. The van der Waals surface area contributed by atoms with Crippen LogP contribution in [0.15, 0.2) is 85.1 Å². The number of ether oxygens (including phenoxy) is 2. The van der Waals surface area contributed by atoms with E-state index < -0.39 is 0 Å². The number of aryl methyl sites for hydroxylation is 2. The number of amides is 1. The number of aromatic amines is 1. The molecule has 5 aromatic rings. The van der Waals surface area contributed by atoms with Crippen LogP contribution in [0.3, 0.4) is 0 Å². The molecule has 2 N–H and O–H groups in total. The molecule has 3 aromatic carbocycles. The normalized spacial score (nSPS) is 14.6. The van der Waals surface area contributed by atoms with Crippen molar-refractivity contribution in [2.75, 3.05) is 20.3 Å². The molecule has 1 saturated heterocycles. The van der Waals surface area contributed by atoms with Crippen LogP contribution < -0.4 is 10.1 Å². The molecule has 0 bridgehead atoms. The maximum absolute atomic E-state index is 13.6. The zero-order chi connectivity index (χ0) is 28.7. The van der Waals surface area contributed by atoms with Gasteiger partial charge in [-0.2, -0.15) is 0 Å². The number of carbonyl (C=O) groups excluding carboxylic acids is 1. The van der Waals surface area contributed by atoms with Gasteiger partial charge in [-0.1, -0.05) is 60.7 Å². The summed E-state index contributed by atoms with van der Waals surface area (Å²) < 4.78 is 13.1. The van der Waals surface area contributed by atoms with Gasteiger partial charge in [0.15, 0.2) is 5.82 Å². The van der Waals surface area contributed by atoms with Crippen molar-refractivity contribution < 1.29 is 14.3 Å². The first-order chi connectivity index (χ1) is 20.7. The smallest absolute Gasteiger partial charge is 0.223 e. The Bertz CT molecular complexity index is 1600. The van der Waals surface area contributed by atoms with Crippen LogP contribution in [-0.2, 0) is 35.3 Å². The van der Waals surface area contributed by atoms with Crippen LogP contribution in [-0.4, -0.2) is 46.0 Å². The first-order valence-corrected chi connectivity index (χ1v) is 14.7. The molecule has 3 heterocycles. The highest BCUT2D eigenvalue weighted by molar-refractivity contribution is 5.83. The van der Waals surface area contributed by atoms with Crippen molar-refractivity contribution >= 4 is 16.8 Å². The molecule has 42 heavy (non-hydrogen) atoms. The third-order valence-corrected chi connectivity index (χ3v) is 8.16. The van der Waals surface area contributed by atoms with Crippen molar-refractivity contribution in [1.29, 1.82) is 0 Å². The second-order valence-electron chi connectivity index (χ2n) is 10.9. The van der Waals surface area contributed by atoms with Crippen LogP contribution in [0.1, 0.15) is 47.2 Å². The van der Waals surface area contributed by atoms with E-state index in [-0.39, 0.29) is 17.9 Å². The number of H-pyrrole nitrogens is 1.